The Bertz CT molecular complexity index is 996. The highest BCUT2D eigenvalue weighted by molar-refractivity contribution is 8.01. The maximum Gasteiger partial charge on any atom is 0.257 e. The number of nitrogens with one attached hydrogen (secondary N) is 2. The van der Waals surface area contributed by atoms with Crippen LogP contribution >= 0.6 is 23.1 Å². The summed E-state index contributed by atoms with van der Waals surface area (Å²) in [6.07, 6.45) is 0. The van der Waals surface area contributed by atoms with Gasteiger partial charge in [-0.2, -0.15) is 0 Å². The van der Waals surface area contributed by atoms with E-state index in [2.05, 4.69) is 20.8 Å². The Morgan fingerprint density at radius 2 is 1.96 bits per heavy atom. The molecule has 2 aromatic carbocycles. The Kier molecular flexibility index (Phi) is 6.56. The van der Waals surface area contributed by atoms with Gasteiger partial charge in [0.2, 0.25) is 11.0 Å². The molecular formula is C18H15FN4O3S2. The van der Waals surface area contributed by atoms with Crippen LogP contribution in [0.1, 0.15) is 10.4 Å². The third-order valence-corrected chi connectivity index (χ3v) is 5.41. The molecule has 1 aromatic heterocycles. The monoisotopic (exact) mass is 418 g/mol. The number of carbonyl (C=O) groups excluding carboxylic acids is 2. The molecule has 2 amide bonds. The molecule has 0 radical (unpaired) electrons. The zero-order valence-corrected chi connectivity index (χ0v) is 16.3. The molecule has 1 heterocycles. The quantitative estimate of drug-likeness (QED) is 0.449. The summed E-state index contributed by atoms with van der Waals surface area (Å²) in [6.45, 7) is 0. The molecule has 0 aliphatic carbocycles. The van der Waals surface area contributed by atoms with E-state index in [1.54, 1.807) is 36.4 Å². The first kappa shape index (κ1) is 19.8. The van der Waals surface area contributed by atoms with E-state index in [1.165, 1.54) is 19.2 Å². The number of para-hydroxylation sites is 1. The molecule has 3 aromatic rings. The lowest BCUT2D eigenvalue weighted by Crippen LogP contribution is -2.14. The van der Waals surface area contributed by atoms with Gasteiger partial charge in [0.1, 0.15) is 11.6 Å². The van der Waals surface area contributed by atoms with E-state index in [1.807, 2.05) is 0 Å². The van der Waals surface area contributed by atoms with Crippen LogP contribution in [-0.2, 0) is 4.79 Å². The fraction of sp³-hybridized carbons (Fsp3) is 0.111. The van der Waals surface area contributed by atoms with Crippen molar-refractivity contribution in [2.45, 2.75) is 4.34 Å². The smallest absolute Gasteiger partial charge is 0.257 e. The normalized spacial score (nSPS) is 10.4. The maximum atomic E-state index is 13.5. The minimum Gasteiger partial charge on any atom is -0.497 e. The third-order valence-electron chi connectivity index (χ3n) is 3.43. The van der Waals surface area contributed by atoms with Crippen molar-refractivity contribution in [2.75, 3.05) is 23.5 Å². The number of benzene rings is 2. The molecule has 0 aliphatic rings. The molecule has 0 spiro atoms. The van der Waals surface area contributed by atoms with E-state index < -0.39 is 5.82 Å². The predicted octanol–water partition coefficient (Wildman–Crippen LogP) is 3.67. The standard InChI is InChI=1S/C18H15FN4O3S2/c1-26-12-6-4-5-11(9-12)16(25)21-17-22-23-18(28-17)27-10-15(24)20-14-8-3-2-7-13(14)19/h2-9H,10H2,1H3,(H,20,24)(H,21,22,25). The maximum absolute atomic E-state index is 13.5. The average molecular weight is 418 g/mol. The summed E-state index contributed by atoms with van der Waals surface area (Å²) in [5, 5.41) is 13.3. The molecule has 0 aliphatic heterocycles. The van der Waals surface area contributed by atoms with Crippen LogP contribution in [0.4, 0.5) is 15.2 Å². The molecule has 10 heteroatoms. The zero-order chi connectivity index (χ0) is 19.9. The van der Waals surface area contributed by atoms with Crippen LogP contribution in [0.15, 0.2) is 52.9 Å². The van der Waals surface area contributed by atoms with Gasteiger partial charge in [0.05, 0.1) is 18.6 Å². The van der Waals surface area contributed by atoms with Gasteiger partial charge >= 0.3 is 0 Å². The Balaban J connectivity index is 1.53. The lowest BCUT2D eigenvalue weighted by Gasteiger charge is -2.04. The number of thioether (sulfide) groups is 1. The van der Waals surface area contributed by atoms with Crippen LogP contribution < -0.4 is 15.4 Å². The highest BCUT2D eigenvalue weighted by Gasteiger charge is 2.13. The molecule has 0 fully saturated rings. The number of methoxy groups -OCH3 is 1. The summed E-state index contributed by atoms with van der Waals surface area (Å²) in [5.41, 5.74) is 0.546. The summed E-state index contributed by atoms with van der Waals surface area (Å²) in [7, 11) is 1.52. The van der Waals surface area contributed by atoms with Crippen molar-refractivity contribution in [2.24, 2.45) is 0 Å². The van der Waals surface area contributed by atoms with Gasteiger partial charge in [0.25, 0.3) is 5.91 Å². The van der Waals surface area contributed by atoms with Crippen LogP contribution in [0.25, 0.3) is 0 Å². The van der Waals surface area contributed by atoms with Gasteiger partial charge in [0, 0.05) is 5.56 Å². The number of nitrogens with zero attached hydrogens (tertiary/aromatic N) is 2. The van der Waals surface area contributed by atoms with Crippen molar-refractivity contribution in [3.8, 4) is 5.75 Å². The number of carbonyl (C=O) groups is 2. The van der Waals surface area contributed by atoms with Gasteiger partial charge in [0.15, 0.2) is 4.34 Å². The van der Waals surface area contributed by atoms with Crippen LogP contribution in [0, 0.1) is 5.82 Å². The predicted molar refractivity (Wildman–Crippen MR) is 107 cm³/mol. The highest BCUT2D eigenvalue weighted by Crippen LogP contribution is 2.26. The fourth-order valence-electron chi connectivity index (χ4n) is 2.13. The number of hydrogen-bond acceptors (Lipinski definition) is 7. The van der Waals surface area contributed by atoms with E-state index in [-0.39, 0.29) is 23.3 Å². The van der Waals surface area contributed by atoms with E-state index in [4.69, 9.17) is 4.74 Å². The zero-order valence-electron chi connectivity index (χ0n) is 14.6. The summed E-state index contributed by atoms with van der Waals surface area (Å²) in [5.74, 6) is -0.607. The summed E-state index contributed by atoms with van der Waals surface area (Å²) < 4.78 is 19.1. The number of hydrogen-bond donors (Lipinski definition) is 2. The van der Waals surface area contributed by atoms with Crippen LogP contribution in [0.5, 0.6) is 5.75 Å². The van der Waals surface area contributed by atoms with Gasteiger partial charge in [-0.15, -0.1) is 10.2 Å². The molecule has 2 N–H and O–H groups in total. The Labute approximate surface area is 168 Å². The van der Waals surface area contributed by atoms with Crippen molar-refractivity contribution in [1.82, 2.24) is 10.2 Å². The van der Waals surface area contributed by atoms with Gasteiger partial charge in [-0.05, 0) is 30.3 Å². The Morgan fingerprint density at radius 1 is 1.14 bits per heavy atom. The van der Waals surface area contributed by atoms with Crippen molar-refractivity contribution in [3.05, 3.63) is 59.9 Å². The lowest BCUT2D eigenvalue weighted by atomic mass is 10.2. The molecule has 0 atom stereocenters. The number of rotatable bonds is 7. The molecule has 28 heavy (non-hydrogen) atoms. The van der Waals surface area contributed by atoms with Gasteiger partial charge in [-0.1, -0.05) is 41.3 Å². The van der Waals surface area contributed by atoms with Crippen LogP contribution in [0.2, 0.25) is 0 Å². The molecule has 0 unspecified atom stereocenters. The lowest BCUT2D eigenvalue weighted by molar-refractivity contribution is -0.113. The number of halogens is 1. The van der Waals surface area contributed by atoms with E-state index in [9.17, 15) is 14.0 Å². The average Bonchev–Trinajstić information content (AvgIpc) is 3.15. The highest BCUT2D eigenvalue weighted by atomic mass is 32.2. The third kappa shape index (κ3) is 5.27. The number of ether oxygens (including phenoxy) is 1. The Hall–Kier alpha value is -2.98. The first-order valence-corrected chi connectivity index (χ1v) is 9.81. The molecule has 7 nitrogen and oxygen atoms in total. The molecular weight excluding hydrogens is 403 g/mol. The van der Waals surface area contributed by atoms with E-state index in [0.717, 1.165) is 23.1 Å². The molecule has 0 saturated heterocycles. The van der Waals surface area contributed by atoms with Crippen LogP contribution in [-0.4, -0.2) is 34.9 Å². The second kappa shape index (κ2) is 9.29. The second-order valence-corrected chi connectivity index (χ2v) is 7.58. The van der Waals surface area contributed by atoms with Crippen molar-refractivity contribution in [3.63, 3.8) is 0 Å². The molecule has 0 bridgehead atoms. The fourth-order valence-corrected chi connectivity index (χ4v) is 3.68. The number of anilines is 2. The van der Waals surface area contributed by atoms with E-state index in [0.29, 0.717) is 20.8 Å². The van der Waals surface area contributed by atoms with Gasteiger partial charge < -0.3 is 10.1 Å². The van der Waals surface area contributed by atoms with Crippen molar-refractivity contribution in [1.29, 1.82) is 0 Å². The molecule has 3 rings (SSSR count). The first-order valence-electron chi connectivity index (χ1n) is 8.01. The number of amides is 2. The van der Waals surface area contributed by atoms with Crippen molar-refractivity contribution >= 4 is 45.7 Å². The van der Waals surface area contributed by atoms with Gasteiger partial charge in [-0.3, -0.25) is 14.9 Å². The number of aromatic nitrogens is 2. The summed E-state index contributed by atoms with van der Waals surface area (Å²) >= 11 is 2.28. The first-order chi connectivity index (χ1) is 13.5. The second-order valence-electron chi connectivity index (χ2n) is 5.38. The molecule has 144 valence electrons. The Morgan fingerprint density at radius 3 is 2.75 bits per heavy atom. The SMILES string of the molecule is COc1cccc(C(=O)Nc2nnc(SCC(=O)Nc3ccccc3F)s2)c1. The van der Waals surface area contributed by atoms with Gasteiger partial charge in [-0.25, -0.2) is 4.39 Å². The summed E-state index contributed by atoms with van der Waals surface area (Å²) in [6, 6.07) is 12.6. The molecule has 0 saturated carbocycles. The minimum absolute atomic E-state index is 0.0345. The topological polar surface area (TPSA) is 93.2 Å². The van der Waals surface area contributed by atoms with E-state index >= 15 is 0 Å². The minimum atomic E-state index is -0.501. The van der Waals surface area contributed by atoms with Crippen LogP contribution in [0.3, 0.4) is 0 Å². The largest absolute Gasteiger partial charge is 0.497 e. The summed E-state index contributed by atoms with van der Waals surface area (Å²) in [4.78, 5) is 24.2. The van der Waals surface area contributed by atoms with Crippen molar-refractivity contribution < 1.29 is 18.7 Å².